The normalized spacial score (nSPS) is 18.3. The van der Waals surface area contributed by atoms with E-state index in [1.54, 1.807) is 0 Å². The summed E-state index contributed by atoms with van der Waals surface area (Å²) in [5.74, 6) is 0. The van der Waals surface area contributed by atoms with Crippen LogP contribution in [0.25, 0.3) is 0 Å². The van der Waals surface area contributed by atoms with Crippen molar-refractivity contribution in [1.82, 2.24) is 4.67 Å². The predicted molar refractivity (Wildman–Crippen MR) is 48.0 cm³/mol. The smallest absolute Gasteiger partial charge is 0.320 e. The van der Waals surface area contributed by atoms with Gasteiger partial charge in [-0.25, -0.2) is 4.57 Å². The highest BCUT2D eigenvalue weighted by Crippen LogP contribution is 2.56. The maximum Gasteiger partial charge on any atom is 0.430 e. The zero-order valence-corrected chi connectivity index (χ0v) is 8.68. The zero-order chi connectivity index (χ0) is 11.0. The Balaban J connectivity index is 3.13. The minimum atomic E-state index is -4.67. The number of allylic oxidation sites excluding steroid dienone is 2. The van der Waals surface area contributed by atoms with Crippen molar-refractivity contribution >= 4 is 15.3 Å². The van der Waals surface area contributed by atoms with Crippen LogP contribution in [0.5, 0.6) is 0 Å². The molecule has 0 spiro atoms. The van der Waals surface area contributed by atoms with E-state index < -0.39 is 20.8 Å². The molecule has 0 amide bonds. The molecule has 0 unspecified atom stereocenters. The largest absolute Gasteiger partial charge is 0.430 e. The van der Waals surface area contributed by atoms with E-state index in [4.69, 9.17) is 19.6 Å². The van der Waals surface area contributed by atoms with E-state index in [2.05, 4.69) is 0 Å². The predicted octanol–water partition coefficient (Wildman–Crippen LogP) is -0.0300. The molecular weight excluding hydrogens is 232 g/mol. The molecule has 0 bridgehead atoms. The molecule has 9 heteroatoms. The summed E-state index contributed by atoms with van der Waals surface area (Å²) in [5, 5.41) is 0. The number of nitrogens with zero attached hydrogens (tertiary/aromatic N) is 1. The topological polar surface area (TPSA) is 118 Å². The van der Waals surface area contributed by atoms with E-state index in [9.17, 15) is 9.13 Å². The van der Waals surface area contributed by atoms with Gasteiger partial charge in [0.05, 0.1) is 0 Å². The lowest BCUT2D eigenvalue weighted by Gasteiger charge is -2.28. The summed E-state index contributed by atoms with van der Waals surface area (Å²) in [5.41, 5.74) is -0.659. The molecule has 0 saturated heterocycles. The van der Waals surface area contributed by atoms with Crippen molar-refractivity contribution in [2.45, 2.75) is 0 Å². The Bertz CT molecular complexity index is 376. The average Bonchev–Trinajstić information content (AvgIpc) is 2.01. The molecule has 4 N–H and O–H groups in total. The van der Waals surface area contributed by atoms with Crippen molar-refractivity contribution in [2.75, 3.05) is 6.54 Å². The van der Waals surface area contributed by atoms with Crippen molar-refractivity contribution in [3.05, 3.63) is 23.7 Å². The second-order valence-electron chi connectivity index (χ2n) is 2.59. The van der Waals surface area contributed by atoms with E-state index in [0.717, 1.165) is 6.08 Å². The first-order chi connectivity index (χ1) is 6.23. The lowest BCUT2D eigenvalue weighted by molar-refractivity contribution is 0.298. The minimum absolute atomic E-state index is 0.221. The summed E-state index contributed by atoms with van der Waals surface area (Å²) >= 11 is 0. The van der Waals surface area contributed by atoms with Crippen LogP contribution < -0.4 is 0 Å². The third kappa shape index (κ3) is 2.54. The Morgan fingerprint density at radius 2 is 1.79 bits per heavy atom. The van der Waals surface area contributed by atoms with Crippen molar-refractivity contribution in [2.24, 2.45) is 0 Å². The second kappa shape index (κ2) is 3.62. The summed E-state index contributed by atoms with van der Waals surface area (Å²) in [6.07, 6.45) is 3.71. The molecular formula is C5H9NO6P2. The fraction of sp³-hybridized carbons (Fsp3) is 0.200. The van der Waals surface area contributed by atoms with Crippen molar-refractivity contribution in [3.8, 4) is 0 Å². The molecule has 1 aliphatic rings. The fourth-order valence-electron chi connectivity index (χ4n) is 0.982. The number of rotatable bonds is 2. The lowest BCUT2D eigenvalue weighted by atomic mass is 10.4. The van der Waals surface area contributed by atoms with Gasteiger partial charge in [0.15, 0.2) is 0 Å². The number of hydrogen-bond acceptors (Lipinski definition) is 2. The van der Waals surface area contributed by atoms with Crippen LogP contribution in [0.3, 0.4) is 0 Å². The van der Waals surface area contributed by atoms with Gasteiger partial charge in [-0.2, -0.15) is 0 Å². The minimum Gasteiger partial charge on any atom is -0.320 e. The summed E-state index contributed by atoms with van der Waals surface area (Å²) in [7, 11) is -9.32. The van der Waals surface area contributed by atoms with E-state index in [1.807, 2.05) is 0 Å². The summed E-state index contributed by atoms with van der Waals surface area (Å²) in [4.78, 5) is 35.2. The highest BCUT2D eigenvalue weighted by molar-refractivity contribution is 7.58. The first-order valence-electron chi connectivity index (χ1n) is 3.49. The van der Waals surface area contributed by atoms with Gasteiger partial charge in [0.1, 0.15) is 5.44 Å². The Kier molecular flexibility index (Phi) is 3.02. The molecule has 0 radical (unpaired) electrons. The SMILES string of the molecule is O=P(O)(O)C1=CC=CCN1P(=O)(O)O. The van der Waals surface area contributed by atoms with Crippen LogP contribution in [0.4, 0.5) is 0 Å². The van der Waals surface area contributed by atoms with Gasteiger partial charge in [-0.15, -0.1) is 0 Å². The molecule has 0 aromatic rings. The third-order valence-electron chi connectivity index (χ3n) is 1.54. The Morgan fingerprint density at radius 3 is 2.14 bits per heavy atom. The third-order valence-corrected chi connectivity index (χ3v) is 3.69. The van der Waals surface area contributed by atoms with Gasteiger partial charge in [-0.1, -0.05) is 12.2 Å². The van der Waals surface area contributed by atoms with Crippen LogP contribution >= 0.6 is 15.3 Å². The van der Waals surface area contributed by atoms with Gasteiger partial charge in [0.2, 0.25) is 0 Å². The molecule has 0 saturated carbocycles. The maximum absolute atomic E-state index is 10.9. The fourth-order valence-corrected chi connectivity index (χ4v) is 2.98. The summed E-state index contributed by atoms with van der Waals surface area (Å²) in [6.45, 7) is -0.221. The molecule has 1 aliphatic heterocycles. The van der Waals surface area contributed by atoms with E-state index in [1.165, 1.54) is 12.2 Å². The lowest BCUT2D eigenvalue weighted by Crippen LogP contribution is -2.21. The quantitative estimate of drug-likeness (QED) is 0.501. The molecule has 80 valence electrons. The van der Waals surface area contributed by atoms with Crippen molar-refractivity contribution in [1.29, 1.82) is 0 Å². The highest BCUT2D eigenvalue weighted by Gasteiger charge is 2.36. The highest BCUT2D eigenvalue weighted by atomic mass is 31.2. The average molecular weight is 241 g/mol. The van der Waals surface area contributed by atoms with Crippen LogP contribution in [0.15, 0.2) is 23.7 Å². The van der Waals surface area contributed by atoms with Crippen molar-refractivity contribution < 1.29 is 28.7 Å². The molecule has 0 aromatic heterocycles. The molecule has 1 heterocycles. The summed E-state index contributed by atoms with van der Waals surface area (Å²) in [6, 6.07) is 0. The molecule has 1 rings (SSSR count). The molecule has 14 heavy (non-hydrogen) atoms. The second-order valence-corrected chi connectivity index (χ2v) is 5.65. The van der Waals surface area contributed by atoms with Crippen LogP contribution in [0.1, 0.15) is 0 Å². The van der Waals surface area contributed by atoms with Gasteiger partial charge >= 0.3 is 15.3 Å². The van der Waals surface area contributed by atoms with Crippen LogP contribution in [0, 0.1) is 0 Å². The Labute approximate surface area is 79.7 Å². The van der Waals surface area contributed by atoms with E-state index >= 15 is 0 Å². The molecule has 7 nitrogen and oxygen atoms in total. The first-order valence-corrected chi connectivity index (χ1v) is 6.67. The molecule has 0 aliphatic carbocycles. The van der Waals surface area contributed by atoms with E-state index in [-0.39, 0.29) is 6.54 Å². The maximum atomic E-state index is 10.9. The first kappa shape index (κ1) is 11.7. The van der Waals surface area contributed by atoms with Crippen LogP contribution in [0.2, 0.25) is 0 Å². The van der Waals surface area contributed by atoms with Crippen LogP contribution in [-0.2, 0) is 9.13 Å². The van der Waals surface area contributed by atoms with Gasteiger partial charge in [-0.3, -0.25) is 9.24 Å². The van der Waals surface area contributed by atoms with Gasteiger partial charge < -0.3 is 19.6 Å². The summed E-state index contributed by atoms with van der Waals surface area (Å²) < 4.78 is 22.1. The monoisotopic (exact) mass is 241 g/mol. The van der Waals surface area contributed by atoms with Gasteiger partial charge in [-0.05, 0) is 6.08 Å². The van der Waals surface area contributed by atoms with E-state index in [0.29, 0.717) is 4.67 Å². The van der Waals surface area contributed by atoms with Gasteiger partial charge in [0.25, 0.3) is 0 Å². The van der Waals surface area contributed by atoms with Crippen LogP contribution in [-0.4, -0.2) is 30.8 Å². The van der Waals surface area contributed by atoms with Gasteiger partial charge in [0, 0.05) is 6.54 Å². The molecule has 0 fully saturated rings. The zero-order valence-electron chi connectivity index (χ0n) is 6.89. The Morgan fingerprint density at radius 1 is 1.21 bits per heavy atom. The standard InChI is InChI=1S/C5H9NO6P2/c7-13(8,9)5-3-1-2-4-6(5)14(10,11)12/h1-3H,4H2,(H2,7,8,9)(H2,10,11,12). The molecule has 0 aromatic carbocycles. The number of hydrogen-bond donors (Lipinski definition) is 4. The molecule has 0 atom stereocenters. The van der Waals surface area contributed by atoms with Crippen molar-refractivity contribution in [3.63, 3.8) is 0 Å². The Hall–Kier alpha value is -0.420.